The van der Waals surface area contributed by atoms with Crippen LogP contribution in [0.1, 0.15) is 96.6 Å². The van der Waals surface area contributed by atoms with E-state index in [0.717, 1.165) is 64.6 Å². The lowest BCUT2D eigenvalue weighted by Gasteiger charge is -2.56. The van der Waals surface area contributed by atoms with Crippen LogP contribution in [0.5, 0.6) is 0 Å². The van der Waals surface area contributed by atoms with Crippen LogP contribution >= 0.6 is 0 Å². The normalized spacial score (nSPS) is 20.0. The third kappa shape index (κ3) is 9.63. The highest BCUT2D eigenvalue weighted by Crippen LogP contribution is 2.59. The standard InChI is InChI=1S/C53H52N4O7/c1-57-18-17-40-26-44(48(58)54-33-53-28-37-19-38(29-53)21-39(20-37)30-53)45(27-47(40)57)49(59)56-46(22-34-11-5-2-6-12-34)50(60)55-43-24-41(51(61)63-31-35-13-7-3-8-14-35)23-42(25-43)52(62)64-32-36-15-9-4-10-16-36/h2-18,23-27,37-39,46H,19-22,28-33H2,1H3,(H,54,58)(H,55,60)(H,56,59)/t37?,38?,39?,46-,53?/m0/s1. The molecule has 0 unspecified atom stereocenters. The molecule has 64 heavy (non-hydrogen) atoms. The zero-order valence-corrected chi connectivity index (χ0v) is 35.9. The minimum Gasteiger partial charge on any atom is -0.457 e. The molecule has 1 aromatic heterocycles. The van der Waals surface area contributed by atoms with E-state index in [4.69, 9.17) is 9.47 Å². The van der Waals surface area contributed by atoms with Gasteiger partial charge in [0.25, 0.3) is 11.8 Å². The predicted molar refractivity (Wildman–Crippen MR) is 243 cm³/mol. The van der Waals surface area contributed by atoms with Crippen LogP contribution < -0.4 is 16.0 Å². The molecule has 10 rings (SSSR count). The fourth-order valence-electron chi connectivity index (χ4n) is 10.6. The third-order valence-electron chi connectivity index (χ3n) is 13.3. The van der Waals surface area contributed by atoms with Gasteiger partial charge >= 0.3 is 11.9 Å². The fourth-order valence-corrected chi connectivity index (χ4v) is 10.6. The largest absolute Gasteiger partial charge is 0.457 e. The maximum Gasteiger partial charge on any atom is 0.338 e. The van der Waals surface area contributed by atoms with E-state index >= 15 is 0 Å². The summed E-state index contributed by atoms with van der Waals surface area (Å²) >= 11 is 0. The Morgan fingerprint density at radius 2 is 1.16 bits per heavy atom. The number of ether oxygens (including phenoxy) is 2. The molecule has 3 amide bonds. The first-order valence-corrected chi connectivity index (χ1v) is 22.2. The Bertz CT molecular complexity index is 2590. The molecule has 6 aromatic rings. The molecule has 0 radical (unpaired) electrons. The number of aryl methyl sites for hydroxylation is 1. The number of benzene rings is 5. The van der Waals surface area contributed by atoms with Gasteiger partial charge in [-0.15, -0.1) is 0 Å². The van der Waals surface area contributed by atoms with E-state index in [1.165, 1.54) is 37.5 Å². The van der Waals surface area contributed by atoms with E-state index in [0.29, 0.717) is 6.54 Å². The molecule has 4 fully saturated rings. The highest BCUT2D eigenvalue weighted by molar-refractivity contribution is 6.12. The molecule has 0 spiro atoms. The number of hydrogen-bond donors (Lipinski definition) is 3. The van der Waals surface area contributed by atoms with Crippen LogP contribution in [0.3, 0.4) is 0 Å². The summed E-state index contributed by atoms with van der Waals surface area (Å²) in [4.78, 5) is 70.3. The monoisotopic (exact) mass is 856 g/mol. The van der Waals surface area contributed by atoms with E-state index < -0.39 is 29.8 Å². The van der Waals surface area contributed by atoms with E-state index in [1.807, 2.05) is 115 Å². The van der Waals surface area contributed by atoms with Gasteiger partial charge in [-0.3, -0.25) is 14.4 Å². The van der Waals surface area contributed by atoms with E-state index in [2.05, 4.69) is 16.0 Å². The Morgan fingerprint density at radius 3 is 1.70 bits per heavy atom. The average molecular weight is 857 g/mol. The van der Waals surface area contributed by atoms with Crippen LogP contribution in [-0.2, 0) is 41.0 Å². The van der Waals surface area contributed by atoms with Gasteiger partial charge in [0.05, 0.1) is 22.3 Å². The summed E-state index contributed by atoms with van der Waals surface area (Å²) in [5.41, 5.74) is 3.72. The molecule has 326 valence electrons. The van der Waals surface area contributed by atoms with Gasteiger partial charge in [-0.25, -0.2) is 9.59 Å². The molecule has 4 saturated carbocycles. The molecule has 0 saturated heterocycles. The van der Waals surface area contributed by atoms with Crippen molar-refractivity contribution in [2.24, 2.45) is 30.2 Å². The molecular weight excluding hydrogens is 805 g/mol. The van der Waals surface area contributed by atoms with Gasteiger partial charge in [0, 0.05) is 42.8 Å². The van der Waals surface area contributed by atoms with Gasteiger partial charge in [-0.1, -0.05) is 91.0 Å². The molecule has 4 aliphatic carbocycles. The summed E-state index contributed by atoms with van der Waals surface area (Å²) in [5.74, 6) is -0.756. The molecular formula is C53H52N4O7. The smallest absolute Gasteiger partial charge is 0.338 e. The van der Waals surface area contributed by atoms with Crippen molar-refractivity contribution < 1.29 is 33.4 Å². The van der Waals surface area contributed by atoms with Crippen molar-refractivity contribution in [3.63, 3.8) is 0 Å². The first kappa shape index (κ1) is 42.3. The molecule has 1 atom stereocenters. The average Bonchev–Trinajstić information content (AvgIpc) is 3.67. The third-order valence-corrected chi connectivity index (χ3v) is 13.3. The fraction of sp³-hybridized carbons (Fsp3) is 0.302. The minimum absolute atomic E-state index is 0.00788. The van der Waals surface area contributed by atoms with Gasteiger partial charge in [0.1, 0.15) is 19.3 Å². The van der Waals surface area contributed by atoms with E-state index in [9.17, 15) is 24.0 Å². The topological polar surface area (TPSA) is 145 Å². The van der Waals surface area contributed by atoms with Gasteiger partial charge in [0.15, 0.2) is 0 Å². The van der Waals surface area contributed by atoms with Crippen LogP contribution in [0, 0.1) is 23.2 Å². The van der Waals surface area contributed by atoms with Crippen LogP contribution in [-0.4, -0.2) is 46.8 Å². The van der Waals surface area contributed by atoms with Gasteiger partial charge in [-0.05, 0) is 115 Å². The zero-order valence-electron chi connectivity index (χ0n) is 35.9. The van der Waals surface area contributed by atoms with Crippen molar-refractivity contribution in [1.82, 2.24) is 15.2 Å². The molecule has 5 aromatic carbocycles. The van der Waals surface area contributed by atoms with E-state index in [-0.39, 0.29) is 58.9 Å². The molecule has 4 bridgehead atoms. The quantitative estimate of drug-likeness (QED) is 0.0876. The molecule has 11 heteroatoms. The number of nitrogens with zero attached hydrogens (tertiary/aromatic N) is 1. The SMILES string of the molecule is Cn1ccc2cc(C(=O)NCC34CC5CC(CC(C5)C3)C4)c(C(=O)N[C@@H](Cc3ccccc3)C(=O)Nc3cc(C(=O)OCc4ccccc4)cc(C(=O)OCc4ccccc4)c3)cc21. The zero-order chi connectivity index (χ0) is 44.2. The van der Waals surface area contributed by atoms with Crippen LogP contribution in [0.4, 0.5) is 5.69 Å². The number of anilines is 1. The summed E-state index contributed by atoms with van der Waals surface area (Å²) in [5, 5.41) is 9.89. The predicted octanol–water partition coefficient (Wildman–Crippen LogP) is 8.82. The summed E-state index contributed by atoms with van der Waals surface area (Å²) in [6.07, 6.45) is 9.28. The van der Waals surface area contributed by atoms with Crippen molar-refractivity contribution in [3.05, 3.63) is 173 Å². The number of rotatable bonds is 15. The maximum absolute atomic E-state index is 14.6. The number of aromatic nitrogens is 1. The molecule has 1 heterocycles. The summed E-state index contributed by atoms with van der Waals surface area (Å²) in [6, 6.07) is 36.1. The van der Waals surface area contributed by atoms with Gasteiger partial charge in [-0.2, -0.15) is 0 Å². The second-order valence-corrected chi connectivity index (χ2v) is 18.1. The second-order valence-electron chi connectivity index (χ2n) is 18.1. The summed E-state index contributed by atoms with van der Waals surface area (Å²) < 4.78 is 13.1. The van der Waals surface area contributed by atoms with Crippen LogP contribution in [0.2, 0.25) is 0 Å². The van der Waals surface area contributed by atoms with Crippen molar-refractivity contribution in [2.75, 3.05) is 11.9 Å². The first-order chi connectivity index (χ1) is 31.1. The molecule has 3 N–H and O–H groups in total. The lowest BCUT2D eigenvalue weighted by atomic mass is 9.49. The Hall–Kier alpha value is -7.01. The minimum atomic E-state index is -1.15. The van der Waals surface area contributed by atoms with Gasteiger partial charge in [0.2, 0.25) is 5.91 Å². The van der Waals surface area contributed by atoms with Crippen molar-refractivity contribution in [3.8, 4) is 0 Å². The Kier molecular flexibility index (Phi) is 12.1. The maximum atomic E-state index is 14.6. The van der Waals surface area contributed by atoms with Crippen LogP contribution in [0.15, 0.2) is 134 Å². The lowest BCUT2D eigenvalue weighted by Crippen LogP contribution is -2.51. The van der Waals surface area contributed by atoms with Crippen molar-refractivity contribution >= 4 is 46.3 Å². The molecule has 11 nitrogen and oxygen atoms in total. The highest BCUT2D eigenvalue weighted by atomic mass is 16.5. The van der Waals surface area contributed by atoms with Crippen molar-refractivity contribution in [2.45, 2.75) is 64.2 Å². The van der Waals surface area contributed by atoms with E-state index in [1.54, 1.807) is 12.1 Å². The number of fused-ring (bicyclic) bond motifs is 1. The van der Waals surface area contributed by atoms with Crippen LogP contribution in [0.25, 0.3) is 10.9 Å². The van der Waals surface area contributed by atoms with Gasteiger partial charge < -0.3 is 30.0 Å². The number of esters is 2. The Labute approximate surface area is 372 Å². The number of carbonyl (C=O) groups is 5. The van der Waals surface area contributed by atoms with Crippen molar-refractivity contribution in [1.29, 1.82) is 0 Å². The number of carbonyl (C=O) groups excluding carboxylic acids is 5. The molecule has 0 aliphatic heterocycles. The summed E-state index contributed by atoms with van der Waals surface area (Å²) in [7, 11) is 1.87. The first-order valence-electron chi connectivity index (χ1n) is 22.2. The second kappa shape index (κ2) is 18.4. The highest BCUT2D eigenvalue weighted by Gasteiger charge is 2.50. The molecule has 4 aliphatic rings. The number of hydrogen-bond acceptors (Lipinski definition) is 7. The Morgan fingerprint density at radius 1 is 0.641 bits per heavy atom. The number of amides is 3. The lowest BCUT2D eigenvalue weighted by molar-refractivity contribution is -0.118. The Balaban J connectivity index is 0.981. The number of nitrogens with one attached hydrogen (secondary N) is 3. The summed E-state index contributed by atoms with van der Waals surface area (Å²) in [6.45, 7) is 0.557.